The maximum atomic E-state index is 12.3. The first kappa shape index (κ1) is 13.3. The average Bonchev–Trinajstić information content (AvgIpc) is 2.74. The van der Waals surface area contributed by atoms with Crippen molar-refractivity contribution in [3.8, 4) is 0 Å². The zero-order valence-electron chi connectivity index (χ0n) is 11.4. The minimum Gasteiger partial charge on any atom is -0.339 e. The second kappa shape index (κ2) is 5.36. The van der Waals surface area contributed by atoms with Crippen molar-refractivity contribution in [2.75, 3.05) is 32.7 Å². The first-order valence-corrected chi connectivity index (χ1v) is 7.17. The molecule has 0 aromatic heterocycles. The van der Waals surface area contributed by atoms with Crippen LogP contribution < -0.4 is 5.32 Å². The lowest BCUT2D eigenvalue weighted by Gasteiger charge is -2.28. The van der Waals surface area contributed by atoms with Crippen molar-refractivity contribution in [2.45, 2.75) is 12.8 Å². The van der Waals surface area contributed by atoms with E-state index in [1.54, 1.807) is 4.90 Å². The number of nitrogens with zero attached hydrogens (tertiary/aromatic N) is 2. The third-order valence-electron chi connectivity index (χ3n) is 4.36. The Hall–Kier alpha value is -1.69. The molecule has 0 radical (unpaired) electrons. The highest BCUT2D eigenvalue weighted by atomic mass is 16.2. The normalized spacial score (nSPS) is 29.8. The summed E-state index contributed by atoms with van der Waals surface area (Å²) in [6, 6.07) is 0. The molecule has 1 aliphatic carbocycles. The number of hydrogen-bond acceptors (Lipinski definition) is 4. The van der Waals surface area contributed by atoms with Crippen LogP contribution >= 0.6 is 0 Å². The van der Waals surface area contributed by atoms with Crippen LogP contribution in [0.3, 0.4) is 0 Å². The summed E-state index contributed by atoms with van der Waals surface area (Å²) in [6.45, 7) is 2.73. The lowest BCUT2D eigenvalue weighted by atomic mass is 9.85. The fourth-order valence-corrected chi connectivity index (χ4v) is 3.17. The molecule has 2 fully saturated rings. The van der Waals surface area contributed by atoms with Crippen LogP contribution in [-0.4, -0.2) is 60.2 Å². The molecule has 0 spiro atoms. The van der Waals surface area contributed by atoms with Crippen LogP contribution in [0.1, 0.15) is 12.8 Å². The SMILES string of the molecule is O=C(CN1C(=O)C2CC=CCC2C1=O)N1CCNCC1. The second-order valence-corrected chi connectivity index (χ2v) is 5.55. The molecule has 0 aromatic rings. The monoisotopic (exact) mass is 277 g/mol. The molecule has 0 saturated carbocycles. The predicted octanol–water partition coefficient (Wildman–Crippen LogP) is -0.631. The van der Waals surface area contributed by atoms with Crippen LogP contribution in [0.2, 0.25) is 0 Å². The van der Waals surface area contributed by atoms with Crippen LogP contribution in [0.5, 0.6) is 0 Å². The number of fused-ring (bicyclic) bond motifs is 1. The minimum atomic E-state index is -0.247. The molecule has 3 amide bonds. The molecule has 6 heteroatoms. The summed E-state index contributed by atoms with van der Waals surface area (Å²) in [4.78, 5) is 39.6. The molecule has 2 atom stereocenters. The van der Waals surface area contributed by atoms with Gasteiger partial charge in [-0.15, -0.1) is 0 Å². The van der Waals surface area contributed by atoms with Crippen molar-refractivity contribution >= 4 is 17.7 Å². The third-order valence-corrected chi connectivity index (χ3v) is 4.36. The number of nitrogens with one attached hydrogen (secondary N) is 1. The first-order valence-electron chi connectivity index (χ1n) is 7.17. The Morgan fingerprint density at radius 3 is 2.20 bits per heavy atom. The van der Waals surface area contributed by atoms with E-state index in [0.717, 1.165) is 13.1 Å². The summed E-state index contributed by atoms with van der Waals surface area (Å²) in [5.41, 5.74) is 0. The van der Waals surface area contributed by atoms with Gasteiger partial charge < -0.3 is 10.2 Å². The van der Waals surface area contributed by atoms with Crippen molar-refractivity contribution in [2.24, 2.45) is 11.8 Å². The maximum absolute atomic E-state index is 12.3. The lowest BCUT2D eigenvalue weighted by Crippen LogP contribution is -2.50. The Morgan fingerprint density at radius 2 is 1.65 bits per heavy atom. The average molecular weight is 277 g/mol. The maximum Gasteiger partial charge on any atom is 0.242 e. The zero-order chi connectivity index (χ0) is 14.1. The van der Waals surface area contributed by atoms with E-state index < -0.39 is 0 Å². The molecule has 2 unspecified atom stereocenters. The van der Waals surface area contributed by atoms with Gasteiger partial charge in [0.2, 0.25) is 17.7 Å². The molecule has 2 saturated heterocycles. The van der Waals surface area contributed by atoms with Gasteiger partial charge in [-0.1, -0.05) is 12.2 Å². The van der Waals surface area contributed by atoms with Gasteiger partial charge in [-0.2, -0.15) is 0 Å². The molecule has 108 valence electrons. The topological polar surface area (TPSA) is 69.7 Å². The minimum absolute atomic E-state index is 0.0926. The first-order chi connectivity index (χ1) is 9.68. The summed E-state index contributed by atoms with van der Waals surface area (Å²) in [5, 5.41) is 3.17. The Kier molecular flexibility index (Phi) is 3.56. The predicted molar refractivity (Wildman–Crippen MR) is 71.5 cm³/mol. The van der Waals surface area contributed by atoms with E-state index in [1.165, 1.54) is 4.90 Å². The van der Waals surface area contributed by atoms with E-state index in [9.17, 15) is 14.4 Å². The van der Waals surface area contributed by atoms with Crippen molar-refractivity contribution in [1.82, 2.24) is 15.1 Å². The van der Waals surface area contributed by atoms with Crippen molar-refractivity contribution in [3.05, 3.63) is 12.2 Å². The number of carbonyl (C=O) groups excluding carboxylic acids is 3. The number of rotatable bonds is 2. The number of likely N-dealkylation sites (tertiary alicyclic amines) is 1. The van der Waals surface area contributed by atoms with Gasteiger partial charge in [0.25, 0.3) is 0 Å². The summed E-state index contributed by atoms with van der Waals surface area (Å²) >= 11 is 0. The van der Waals surface area contributed by atoms with Crippen LogP contribution in [0.4, 0.5) is 0 Å². The Bertz CT molecular complexity index is 442. The number of hydrogen-bond donors (Lipinski definition) is 1. The summed E-state index contributed by atoms with van der Waals surface area (Å²) < 4.78 is 0. The Balaban J connectivity index is 1.66. The standard InChI is InChI=1S/C14H19N3O3/c18-12(16-7-5-15-6-8-16)9-17-13(19)10-3-1-2-4-11(10)14(17)20/h1-2,10-11,15H,3-9H2. The van der Waals surface area contributed by atoms with E-state index in [0.29, 0.717) is 25.9 Å². The van der Waals surface area contributed by atoms with Crippen molar-refractivity contribution < 1.29 is 14.4 Å². The molecule has 0 aromatic carbocycles. The lowest BCUT2D eigenvalue weighted by molar-refractivity contribution is -0.146. The fourth-order valence-electron chi connectivity index (χ4n) is 3.17. The van der Waals surface area contributed by atoms with E-state index in [2.05, 4.69) is 5.32 Å². The number of amides is 3. The number of piperazine rings is 1. The highest BCUT2D eigenvalue weighted by molar-refractivity contribution is 6.07. The summed E-state index contributed by atoms with van der Waals surface area (Å²) in [7, 11) is 0. The highest BCUT2D eigenvalue weighted by Gasteiger charge is 2.47. The van der Waals surface area contributed by atoms with Crippen LogP contribution in [0.15, 0.2) is 12.2 Å². The van der Waals surface area contributed by atoms with Gasteiger partial charge in [0.1, 0.15) is 6.54 Å². The largest absolute Gasteiger partial charge is 0.339 e. The van der Waals surface area contributed by atoms with Gasteiger partial charge >= 0.3 is 0 Å². The number of allylic oxidation sites excluding steroid dienone is 2. The highest BCUT2D eigenvalue weighted by Crippen LogP contribution is 2.34. The third kappa shape index (κ3) is 2.24. The molecule has 0 bridgehead atoms. The molecule has 20 heavy (non-hydrogen) atoms. The van der Waals surface area contributed by atoms with E-state index in [1.807, 2.05) is 12.2 Å². The Morgan fingerprint density at radius 1 is 1.10 bits per heavy atom. The van der Waals surface area contributed by atoms with Crippen LogP contribution in [0, 0.1) is 11.8 Å². The van der Waals surface area contributed by atoms with E-state index in [-0.39, 0.29) is 36.1 Å². The van der Waals surface area contributed by atoms with Crippen LogP contribution in [0.25, 0.3) is 0 Å². The quantitative estimate of drug-likeness (QED) is 0.539. The van der Waals surface area contributed by atoms with Crippen molar-refractivity contribution in [1.29, 1.82) is 0 Å². The smallest absolute Gasteiger partial charge is 0.242 e. The van der Waals surface area contributed by atoms with Gasteiger partial charge in [0.15, 0.2) is 0 Å². The van der Waals surface area contributed by atoms with Crippen molar-refractivity contribution in [3.63, 3.8) is 0 Å². The van der Waals surface area contributed by atoms with E-state index >= 15 is 0 Å². The second-order valence-electron chi connectivity index (χ2n) is 5.55. The Labute approximate surface area is 117 Å². The molecule has 1 N–H and O–H groups in total. The molecule has 2 heterocycles. The summed E-state index contributed by atoms with van der Waals surface area (Å²) in [5.74, 6) is -0.966. The van der Waals surface area contributed by atoms with Crippen LogP contribution in [-0.2, 0) is 14.4 Å². The number of imide groups is 1. The van der Waals surface area contributed by atoms with Gasteiger partial charge in [0, 0.05) is 26.2 Å². The van der Waals surface area contributed by atoms with Gasteiger partial charge in [-0.25, -0.2) is 0 Å². The molecule has 3 rings (SSSR count). The van der Waals surface area contributed by atoms with Gasteiger partial charge in [0.05, 0.1) is 11.8 Å². The molecule has 6 nitrogen and oxygen atoms in total. The fraction of sp³-hybridized carbons (Fsp3) is 0.643. The number of carbonyl (C=O) groups is 3. The van der Waals surface area contributed by atoms with E-state index in [4.69, 9.17) is 0 Å². The zero-order valence-corrected chi connectivity index (χ0v) is 11.4. The molecule has 3 aliphatic rings. The molecule has 2 aliphatic heterocycles. The molecular formula is C14H19N3O3. The van der Waals surface area contributed by atoms with Gasteiger partial charge in [-0.05, 0) is 12.8 Å². The summed E-state index contributed by atoms with van der Waals surface area (Å²) in [6.07, 6.45) is 5.14. The van der Waals surface area contributed by atoms with Gasteiger partial charge in [-0.3, -0.25) is 19.3 Å². The molecular weight excluding hydrogens is 258 g/mol.